The number of nitrogens with zero attached hydrogens (tertiary/aromatic N) is 3. The lowest BCUT2D eigenvalue weighted by atomic mass is 10.1. The fourth-order valence-electron chi connectivity index (χ4n) is 0.954. The second-order valence-electron chi connectivity index (χ2n) is 2.61. The maximum atomic E-state index is 10.1. The summed E-state index contributed by atoms with van der Waals surface area (Å²) in [7, 11) is 1.88. The number of hydrazone groups is 1. The van der Waals surface area contributed by atoms with Crippen LogP contribution in [0.5, 0.6) is 0 Å². The van der Waals surface area contributed by atoms with Gasteiger partial charge >= 0.3 is 0 Å². The van der Waals surface area contributed by atoms with Gasteiger partial charge in [-0.05, 0) is 6.92 Å². The minimum absolute atomic E-state index is 0.145. The second-order valence-corrected chi connectivity index (χ2v) is 2.61. The molecule has 0 amide bonds. The summed E-state index contributed by atoms with van der Waals surface area (Å²) >= 11 is 0. The molecule has 1 aliphatic heterocycles. The Hall–Kier alpha value is -0.930. The van der Waals surface area contributed by atoms with Crippen molar-refractivity contribution in [1.29, 1.82) is 0 Å². The zero-order valence-corrected chi connectivity index (χ0v) is 6.19. The van der Waals surface area contributed by atoms with E-state index in [0.29, 0.717) is 0 Å². The van der Waals surface area contributed by atoms with E-state index in [4.69, 9.17) is 0 Å². The van der Waals surface area contributed by atoms with Gasteiger partial charge in [0.15, 0.2) is 0 Å². The van der Waals surface area contributed by atoms with E-state index in [9.17, 15) is 4.91 Å². The van der Waals surface area contributed by atoms with Crippen LogP contribution in [0.3, 0.4) is 0 Å². The van der Waals surface area contributed by atoms with E-state index in [2.05, 4.69) is 10.3 Å². The highest BCUT2D eigenvalue weighted by molar-refractivity contribution is 5.63. The number of hydrogen-bond acceptors (Lipinski definition) is 4. The molecule has 0 saturated carbocycles. The Labute approximate surface area is 59.9 Å². The molecule has 0 radical (unpaired) electrons. The van der Waals surface area contributed by atoms with Crippen LogP contribution in [-0.2, 0) is 0 Å². The van der Waals surface area contributed by atoms with Crippen molar-refractivity contribution in [3.63, 3.8) is 0 Å². The second kappa shape index (κ2) is 2.77. The van der Waals surface area contributed by atoms with Crippen molar-refractivity contribution in [2.24, 2.45) is 16.2 Å². The molecule has 10 heavy (non-hydrogen) atoms. The fourth-order valence-corrected chi connectivity index (χ4v) is 0.954. The molecule has 2 unspecified atom stereocenters. The van der Waals surface area contributed by atoms with Crippen LogP contribution in [0.2, 0.25) is 0 Å². The Kier molecular flexibility index (Phi) is 1.99. The molecule has 56 valence electrons. The predicted octanol–water partition coefficient (Wildman–Crippen LogP) is 0.689. The van der Waals surface area contributed by atoms with Gasteiger partial charge in [-0.2, -0.15) is 10.0 Å². The van der Waals surface area contributed by atoms with Crippen molar-refractivity contribution in [3.05, 3.63) is 4.91 Å². The van der Waals surface area contributed by atoms with E-state index < -0.39 is 0 Å². The third-order valence-corrected chi connectivity index (χ3v) is 1.72. The van der Waals surface area contributed by atoms with Gasteiger partial charge in [0.05, 0.1) is 6.04 Å². The highest BCUT2D eigenvalue weighted by Crippen LogP contribution is 2.11. The van der Waals surface area contributed by atoms with Crippen LogP contribution in [0.1, 0.15) is 6.92 Å². The molecule has 0 bridgehead atoms. The quantitative estimate of drug-likeness (QED) is 0.531. The fraction of sp³-hybridized carbons (Fsp3) is 0.833. The molecule has 0 aromatic carbocycles. The average molecular weight is 141 g/mol. The van der Waals surface area contributed by atoms with Gasteiger partial charge in [-0.25, -0.2) is 0 Å². The summed E-state index contributed by atoms with van der Waals surface area (Å²) in [6.45, 7) is 2.62. The third kappa shape index (κ3) is 1.32. The normalized spacial score (nSPS) is 27.0. The van der Waals surface area contributed by atoms with Gasteiger partial charge in [0, 0.05) is 25.7 Å². The number of rotatable bonds is 2. The first kappa shape index (κ1) is 7.18. The lowest BCUT2D eigenvalue weighted by Gasteiger charge is -2.10. The molecule has 1 rings (SSSR count). The highest BCUT2D eigenvalue weighted by Gasteiger charge is 2.21. The smallest absolute Gasteiger partial charge is 0.0987 e. The summed E-state index contributed by atoms with van der Waals surface area (Å²) in [6, 6.07) is -0.145. The van der Waals surface area contributed by atoms with Crippen LogP contribution in [0.4, 0.5) is 0 Å². The lowest BCUT2D eigenvalue weighted by molar-refractivity contribution is 0.346. The molecule has 0 aliphatic carbocycles. The molecule has 0 spiro atoms. The maximum Gasteiger partial charge on any atom is 0.0987 e. The summed E-state index contributed by atoms with van der Waals surface area (Å²) in [4.78, 5) is 10.1. The summed E-state index contributed by atoms with van der Waals surface area (Å²) in [5, 5.41) is 8.74. The maximum absolute atomic E-state index is 10.1. The SMILES string of the molecule is CC(N=O)C1C=NN(C)C1. The molecular formula is C6H11N3O. The van der Waals surface area contributed by atoms with E-state index in [1.165, 1.54) is 0 Å². The topological polar surface area (TPSA) is 45.0 Å². The monoisotopic (exact) mass is 141 g/mol. The van der Waals surface area contributed by atoms with Crippen LogP contribution in [0.25, 0.3) is 0 Å². The van der Waals surface area contributed by atoms with E-state index in [-0.39, 0.29) is 12.0 Å². The molecule has 0 aromatic heterocycles. The first-order chi connectivity index (χ1) is 4.74. The zero-order valence-electron chi connectivity index (χ0n) is 6.19. The van der Waals surface area contributed by atoms with E-state index >= 15 is 0 Å². The molecule has 0 saturated heterocycles. The summed E-state index contributed by atoms with van der Waals surface area (Å²) in [5.74, 6) is 0.211. The minimum Gasteiger partial charge on any atom is -0.300 e. The first-order valence-corrected chi connectivity index (χ1v) is 3.31. The van der Waals surface area contributed by atoms with Crippen molar-refractivity contribution >= 4 is 6.21 Å². The van der Waals surface area contributed by atoms with Gasteiger partial charge < -0.3 is 0 Å². The lowest BCUT2D eigenvalue weighted by Crippen LogP contribution is -2.21. The molecule has 1 heterocycles. The van der Waals surface area contributed by atoms with Crippen molar-refractivity contribution < 1.29 is 0 Å². The van der Waals surface area contributed by atoms with Crippen molar-refractivity contribution in [3.8, 4) is 0 Å². The van der Waals surface area contributed by atoms with Gasteiger partial charge in [-0.3, -0.25) is 5.01 Å². The molecule has 1 aliphatic rings. The van der Waals surface area contributed by atoms with Gasteiger partial charge in [0.2, 0.25) is 0 Å². The molecule has 4 nitrogen and oxygen atoms in total. The first-order valence-electron chi connectivity index (χ1n) is 3.31. The number of nitroso groups, excluding NO2 is 1. The Morgan fingerprint density at radius 2 is 2.60 bits per heavy atom. The molecule has 4 heteroatoms. The standard InChI is InChI=1S/C6H11N3O/c1-5(8-10)6-3-7-9(2)4-6/h3,5-6H,4H2,1-2H3. The third-order valence-electron chi connectivity index (χ3n) is 1.72. The molecular weight excluding hydrogens is 130 g/mol. The molecule has 0 N–H and O–H groups in total. The summed E-state index contributed by atoms with van der Waals surface area (Å²) in [5.41, 5.74) is 0. The number of hydrogen-bond donors (Lipinski definition) is 0. The van der Waals surface area contributed by atoms with Crippen LogP contribution < -0.4 is 0 Å². The van der Waals surface area contributed by atoms with Crippen LogP contribution >= 0.6 is 0 Å². The van der Waals surface area contributed by atoms with Crippen LogP contribution in [0.15, 0.2) is 10.3 Å². The van der Waals surface area contributed by atoms with Crippen molar-refractivity contribution in [1.82, 2.24) is 5.01 Å². The van der Waals surface area contributed by atoms with Gasteiger partial charge in [0.25, 0.3) is 0 Å². The van der Waals surface area contributed by atoms with Crippen molar-refractivity contribution in [2.45, 2.75) is 13.0 Å². The zero-order chi connectivity index (χ0) is 7.56. The summed E-state index contributed by atoms with van der Waals surface area (Å²) < 4.78 is 0. The average Bonchev–Trinajstić information content (AvgIpc) is 2.34. The predicted molar refractivity (Wildman–Crippen MR) is 39.9 cm³/mol. The van der Waals surface area contributed by atoms with E-state index in [1.807, 2.05) is 19.0 Å². The van der Waals surface area contributed by atoms with Gasteiger partial charge in [-0.15, -0.1) is 0 Å². The van der Waals surface area contributed by atoms with E-state index in [1.54, 1.807) is 6.21 Å². The Balaban J connectivity index is 2.45. The molecule has 2 atom stereocenters. The van der Waals surface area contributed by atoms with Crippen LogP contribution in [0, 0.1) is 10.8 Å². The van der Waals surface area contributed by atoms with E-state index in [0.717, 1.165) is 6.54 Å². The minimum atomic E-state index is -0.145. The Bertz CT molecular complexity index is 157. The Morgan fingerprint density at radius 1 is 1.90 bits per heavy atom. The summed E-state index contributed by atoms with van der Waals surface area (Å²) in [6.07, 6.45) is 1.78. The van der Waals surface area contributed by atoms with Crippen LogP contribution in [-0.4, -0.2) is 30.9 Å². The molecule has 0 fully saturated rings. The van der Waals surface area contributed by atoms with Gasteiger partial charge in [-0.1, -0.05) is 5.18 Å². The van der Waals surface area contributed by atoms with Crippen molar-refractivity contribution in [2.75, 3.05) is 13.6 Å². The van der Waals surface area contributed by atoms with Gasteiger partial charge in [0.1, 0.15) is 0 Å². The largest absolute Gasteiger partial charge is 0.300 e. The Morgan fingerprint density at radius 3 is 3.00 bits per heavy atom. The molecule has 0 aromatic rings. The highest BCUT2D eigenvalue weighted by atomic mass is 16.3.